The number of hydrogen-bond acceptors (Lipinski definition) is 0. The Hall–Kier alpha value is -1.48. The smallest absolute Gasteiger partial charge is 0.159 e. The van der Waals surface area contributed by atoms with E-state index in [-0.39, 0.29) is 8.80 Å². The van der Waals surface area contributed by atoms with E-state index in [9.17, 15) is 8.78 Å². The molecular formula is C26H34F2Si. The van der Waals surface area contributed by atoms with Crippen molar-refractivity contribution in [3.8, 4) is 11.1 Å². The van der Waals surface area contributed by atoms with Crippen molar-refractivity contribution in [2.45, 2.75) is 75.9 Å². The maximum Gasteiger partial charge on any atom is 0.159 e. The fraction of sp³-hybridized carbons (Fsp3) is 0.538. The summed E-state index contributed by atoms with van der Waals surface area (Å²) in [6.45, 7) is 2.35. The summed E-state index contributed by atoms with van der Waals surface area (Å²) >= 11 is 0. The van der Waals surface area contributed by atoms with Crippen molar-refractivity contribution in [3.05, 3.63) is 59.7 Å². The van der Waals surface area contributed by atoms with Crippen LogP contribution in [0.5, 0.6) is 0 Å². The van der Waals surface area contributed by atoms with E-state index in [4.69, 9.17) is 0 Å². The summed E-state index contributed by atoms with van der Waals surface area (Å²) in [4.78, 5) is 0. The Morgan fingerprint density at radius 1 is 0.828 bits per heavy atom. The van der Waals surface area contributed by atoms with Gasteiger partial charge in [-0.05, 0) is 72.3 Å². The van der Waals surface area contributed by atoms with E-state index in [2.05, 4.69) is 25.1 Å². The molecule has 0 radical (unpaired) electrons. The second-order valence-electron chi connectivity index (χ2n) is 9.40. The van der Waals surface area contributed by atoms with Crippen molar-refractivity contribution in [3.63, 3.8) is 0 Å². The van der Waals surface area contributed by atoms with E-state index in [1.54, 1.807) is 24.2 Å². The van der Waals surface area contributed by atoms with Crippen molar-refractivity contribution in [1.82, 2.24) is 0 Å². The lowest BCUT2D eigenvalue weighted by atomic mass is 9.71. The molecule has 2 fully saturated rings. The van der Waals surface area contributed by atoms with Crippen LogP contribution in [-0.2, 0) is 0 Å². The fourth-order valence-corrected chi connectivity index (χ4v) is 9.52. The molecule has 2 aliphatic rings. The van der Waals surface area contributed by atoms with Crippen molar-refractivity contribution in [2.75, 3.05) is 0 Å². The van der Waals surface area contributed by atoms with Gasteiger partial charge in [-0.1, -0.05) is 74.7 Å². The largest absolute Gasteiger partial charge is 0.204 e. The van der Waals surface area contributed by atoms with Crippen molar-refractivity contribution >= 4 is 8.80 Å². The van der Waals surface area contributed by atoms with E-state index in [0.29, 0.717) is 5.92 Å². The van der Waals surface area contributed by atoms with Gasteiger partial charge >= 0.3 is 0 Å². The third-order valence-corrected chi connectivity index (χ3v) is 11.4. The molecule has 2 aromatic carbocycles. The van der Waals surface area contributed by atoms with Crippen LogP contribution >= 0.6 is 0 Å². The SMILES string of the molecule is CCC[SiH]1CCC([C@H]2CC[C@H](c3ccccc3-c3ccc(F)c(F)c3)CC2)CC1. The summed E-state index contributed by atoms with van der Waals surface area (Å²) in [7, 11) is -0.387. The standard InChI is InChI=1S/C26H34F2Si/c1-2-15-29-16-13-20(14-17-29)19-7-9-21(10-8-19)23-5-3-4-6-24(23)22-11-12-25(27)26(28)18-22/h3-6,11-12,18-21,29H,2,7-10,13-17H2,1H3/t19-,20?,21-,29?. The van der Waals surface area contributed by atoms with Crippen LogP contribution in [0, 0.1) is 23.5 Å². The summed E-state index contributed by atoms with van der Waals surface area (Å²) in [5, 5.41) is 0. The Kier molecular flexibility index (Phi) is 6.84. The first kappa shape index (κ1) is 20.8. The molecule has 156 valence electrons. The van der Waals surface area contributed by atoms with Gasteiger partial charge in [-0.3, -0.25) is 0 Å². The normalized spacial score (nSPS) is 27.7. The number of rotatable bonds is 5. The molecule has 1 heterocycles. The summed E-state index contributed by atoms with van der Waals surface area (Å²) in [6.07, 6.45) is 9.53. The number of hydrogen-bond donors (Lipinski definition) is 0. The van der Waals surface area contributed by atoms with Crippen LogP contribution in [-0.4, -0.2) is 8.80 Å². The quantitative estimate of drug-likeness (QED) is 0.437. The van der Waals surface area contributed by atoms with Gasteiger partial charge in [-0.15, -0.1) is 0 Å². The molecule has 0 unspecified atom stereocenters. The number of benzene rings is 2. The van der Waals surface area contributed by atoms with Gasteiger partial charge in [0.1, 0.15) is 0 Å². The van der Waals surface area contributed by atoms with Gasteiger partial charge in [-0.2, -0.15) is 0 Å². The second kappa shape index (κ2) is 9.55. The van der Waals surface area contributed by atoms with Crippen molar-refractivity contribution in [2.24, 2.45) is 11.8 Å². The molecule has 0 nitrogen and oxygen atoms in total. The van der Waals surface area contributed by atoms with E-state index in [0.717, 1.165) is 23.0 Å². The molecular weight excluding hydrogens is 378 g/mol. The molecule has 29 heavy (non-hydrogen) atoms. The zero-order valence-electron chi connectivity index (χ0n) is 17.7. The van der Waals surface area contributed by atoms with Crippen molar-refractivity contribution in [1.29, 1.82) is 0 Å². The van der Waals surface area contributed by atoms with E-state index in [1.807, 2.05) is 6.07 Å². The molecule has 1 aliphatic heterocycles. The topological polar surface area (TPSA) is 0 Å². The highest BCUT2D eigenvalue weighted by Crippen LogP contribution is 2.45. The Morgan fingerprint density at radius 2 is 1.52 bits per heavy atom. The maximum absolute atomic E-state index is 13.8. The van der Waals surface area contributed by atoms with Gasteiger partial charge in [0.25, 0.3) is 0 Å². The molecule has 0 spiro atoms. The number of halogens is 2. The summed E-state index contributed by atoms with van der Waals surface area (Å²) < 4.78 is 27.2. The molecule has 0 aromatic heterocycles. The first-order chi connectivity index (χ1) is 14.2. The molecule has 4 rings (SSSR count). The zero-order valence-corrected chi connectivity index (χ0v) is 18.8. The van der Waals surface area contributed by atoms with Gasteiger partial charge in [-0.25, -0.2) is 8.78 Å². The maximum atomic E-state index is 13.8. The Bertz CT molecular complexity index is 802. The van der Waals surface area contributed by atoms with E-state index >= 15 is 0 Å². The second-order valence-corrected chi connectivity index (χ2v) is 12.9. The highest BCUT2D eigenvalue weighted by molar-refractivity contribution is 6.58. The van der Waals surface area contributed by atoms with Crippen LogP contribution in [0.2, 0.25) is 18.1 Å². The fourth-order valence-electron chi connectivity index (χ4n) is 6.04. The van der Waals surface area contributed by atoms with Gasteiger partial charge in [0.05, 0.1) is 0 Å². The average Bonchev–Trinajstić information content (AvgIpc) is 2.77. The van der Waals surface area contributed by atoms with Crippen LogP contribution in [0.4, 0.5) is 8.78 Å². The molecule has 0 amide bonds. The Labute approximate surface area is 176 Å². The summed E-state index contributed by atoms with van der Waals surface area (Å²) in [5.74, 6) is 0.893. The Balaban J connectivity index is 1.41. The summed E-state index contributed by atoms with van der Waals surface area (Å²) in [6, 6.07) is 17.4. The van der Waals surface area contributed by atoms with Crippen LogP contribution in [0.1, 0.15) is 63.4 Å². The predicted molar refractivity (Wildman–Crippen MR) is 121 cm³/mol. The Morgan fingerprint density at radius 3 is 2.21 bits per heavy atom. The van der Waals surface area contributed by atoms with Crippen LogP contribution in [0.25, 0.3) is 11.1 Å². The molecule has 2 aromatic rings. The highest BCUT2D eigenvalue weighted by Gasteiger charge is 2.32. The van der Waals surface area contributed by atoms with Crippen LogP contribution in [0.3, 0.4) is 0 Å². The van der Waals surface area contributed by atoms with Gasteiger partial charge in [0, 0.05) is 8.80 Å². The van der Waals surface area contributed by atoms with E-state index in [1.165, 1.54) is 62.6 Å². The molecule has 3 heteroatoms. The van der Waals surface area contributed by atoms with Gasteiger partial charge < -0.3 is 0 Å². The third kappa shape index (κ3) is 4.82. The first-order valence-corrected chi connectivity index (χ1v) is 14.1. The minimum absolute atomic E-state index is 0.387. The lowest BCUT2D eigenvalue weighted by Gasteiger charge is -2.38. The van der Waals surface area contributed by atoms with E-state index < -0.39 is 11.6 Å². The average molecular weight is 413 g/mol. The minimum atomic E-state index is -0.775. The van der Waals surface area contributed by atoms with Crippen molar-refractivity contribution < 1.29 is 8.78 Å². The zero-order chi connectivity index (χ0) is 20.2. The van der Waals surface area contributed by atoms with Gasteiger partial charge in [0.15, 0.2) is 11.6 Å². The lowest BCUT2D eigenvalue weighted by molar-refractivity contribution is 0.216. The predicted octanol–water partition coefficient (Wildman–Crippen LogP) is 7.95. The molecule has 0 N–H and O–H groups in total. The lowest BCUT2D eigenvalue weighted by Crippen LogP contribution is -2.28. The molecule has 1 saturated heterocycles. The molecule has 1 saturated carbocycles. The van der Waals surface area contributed by atoms with Crippen LogP contribution < -0.4 is 0 Å². The molecule has 0 atom stereocenters. The first-order valence-electron chi connectivity index (χ1n) is 11.7. The molecule has 1 aliphatic carbocycles. The minimum Gasteiger partial charge on any atom is -0.204 e. The third-order valence-electron chi connectivity index (χ3n) is 7.66. The monoisotopic (exact) mass is 412 g/mol. The molecule has 0 bridgehead atoms. The van der Waals surface area contributed by atoms with Crippen LogP contribution in [0.15, 0.2) is 42.5 Å². The summed E-state index contributed by atoms with van der Waals surface area (Å²) in [5.41, 5.74) is 3.18. The van der Waals surface area contributed by atoms with Gasteiger partial charge in [0.2, 0.25) is 0 Å². The highest BCUT2D eigenvalue weighted by atomic mass is 28.3.